The quantitative estimate of drug-likeness (QED) is 0.845. The van der Waals surface area contributed by atoms with E-state index in [1.54, 1.807) is 0 Å². The van der Waals surface area contributed by atoms with Gasteiger partial charge in [0.05, 0.1) is 6.10 Å². The standard InChI is InChI=1S/C15H23NO/c1-3-5-15(17)14-7-6-13(10-12(14)2)11-16-8-4-9-16/h6-7,10,15,17H,3-5,8-9,11H2,1-2H3. The Morgan fingerprint density at radius 3 is 2.65 bits per heavy atom. The summed E-state index contributed by atoms with van der Waals surface area (Å²) in [6.07, 6.45) is 2.92. The highest BCUT2D eigenvalue weighted by atomic mass is 16.3. The smallest absolute Gasteiger partial charge is 0.0792 e. The zero-order valence-electron chi connectivity index (χ0n) is 10.9. The van der Waals surface area contributed by atoms with Gasteiger partial charge in [-0.25, -0.2) is 0 Å². The van der Waals surface area contributed by atoms with E-state index < -0.39 is 0 Å². The number of likely N-dealkylation sites (tertiary alicyclic amines) is 1. The van der Waals surface area contributed by atoms with Gasteiger partial charge in [-0.2, -0.15) is 0 Å². The number of hydrogen-bond acceptors (Lipinski definition) is 2. The van der Waals surface area contributed by atoms with E-state index in [0.717, 1.165) is 24.9 Å². The third-order valence-electron chi connectivity index (χ3n) is 3.61. The molecule has 1 unspecified atom stereocenters. The van der Waals surface area contributed by atoms with Crippen LogP contribution >= 0.6 is 0 Å². The Bertz CT molecular complexity index is 371. The number of nitrogens with zero attached hydrogens (tertiary/aromatic N) is 1. The van der Waals surface area contributed by atoms with Crippen molar-refractivity contribution in [3.8, 4) is 0 Å². The summed E-state index contributed by atoms with van der Waals surface area (Å²) in [5, 5.41) is 10.0. The van der Waals surface area contributed by atoms with Crippen LogP contribution in [0.25, 0.3) is 0 Å². The SMILES string of the molecule is CCCC(O)c1ccc(CN2CCC2)cc1C. The van der Waals surface area contributed by atoms with Crippen molar-refractivity contribution >= 4 is 0 Å². The second-order valence-corrected chi connectivity index (χ2v) is 5.13. The summed E-state index contributed by atoms with van der Waals surface area (Å²) in [5.41, 5.74) is 3.69. The maximum Gasteiger partial charge on any atom is 0.0792 e. The fourth-order valence-electron chi connectivity index (χ4n) is 2.44. The molecule has 0 amide bonds. The Morgan fingerprint density at radius 2 is 2.12 bits per heavy atom. The minimum atomic E-state index is -0.293. The third kappa shape index (κ3) is 3.08. The van der Waals surface area contributed by atoms with Crippen molar-refractivity contribution in [3.63, 3.8) is 0 Å². The normalized spacial score (nSPS) is 17.8. The van der Waals surface area contributed by atoms with Crippen LogP contribution in [0.3, 0.4) is 0 Å². The van der Waals surface area contributed by atoms with E-state index in [0.29, 0.717) is 0 Å². The van der Waals surface area contributed by atoms with Gasteiger partial charge in [0.2, 0.25) is 0 Å². The molecule has 1 heterocycles. The predicted molar refractivity (Wildman–Crippen MR) is 70.9 cm³/mol. The molecule has 1 atom stereocenters. The van der Waals surface area contributed by atoms with Crippen molar-refractivity contribution in [2.24, 2.45) is 0 Å². The van der Waals surface area contributed by atoms with Crippen LogP contribution in [-0.2, 0) is 6.54 Å². The maximum absolute atomic E-state index is 10.0. The summed E-state index contributed by atoms with van der Waals surface area (Å²) in [6.45, 7) is 7.74. The van der Waals surface area contributed by atoms with Crippen LogP contribution < -0.4 is 0 Å². The molecule has 2 rings (SSSR count). The molecule has 1 aromatic rings. The van der Waals surface area contributed by atoms with Crippen LogP contribution in [0.2, 0.25) is 0 Å². The summed E-state index contributed by atoms with van der Waals surface area (Å²) in [4.78, 5) is 2.46. The highest BCUT2D eigenvalue weighted by Crippen LogP contribution is 2.23. The van der Waals surface area contributed by atoms with Gasteiger partial charge in [-0.05, 0) is 49.5 Å². The molecule has 0 saturated carbocycles. The monoisotopic (exact) mass is 233 g/mol. The molecule has 0 aliphatic carbocycles. The Kier molecular flexibility index (Phi) is 4.19. The molecule has 1 fully saturated rings. The molecule has 0 bridgehead atoms. The van der Waals surface area contributed by atoms with Crippen molar-refractivity contribution in [1.82, 2.24) is 4.90 Å². The molecular formula is C15H23NO. The summed E-state index contributed by atoms with van der Waals surface area (Å²) < 4.78 is 0. The zero-order valence-corrected chi connectivity index (χ0v) is 10.9. The average molecular weight is 233 g/mol. The van der Waals surface area contributed by atoms with Crippen LogP contribution in [0.4, 0.5) is 0 Å². The summed E-state index contributed by atoms with van der Waals surface area (Å²) >= 11 is 0. The van der Waals surface area contributed by atoms with Gasteiger partial charge in [0.25, 0.3) is 0 Å². The number of aliphatic hydroxyl groups excluding tert-OH is 1. The summed E-state index contributed by atoms with van der Waals surface area (Å²) in [5.74, 6) is 0. The minimum Gasteiger partial charge on any atom is -0.388 e. The van der Waals surface area contributed by atoms with Gasteiger partial charge in [0, 0.05) is 6.54 Å². The molecule has 2 nitrogen and oxygen atoms in total. The highest BCUT2D eigenvalue weighted by Gasteiger charge is 2.15. The first kappa shape index (κ1) is 12.6. The molecule has 1 aliphatic heterocycles. The summed E-state index contributed by atoms with van der Waals surface area (Å²) in [7, 11) is 0. The van der Waals surface area contributed by atoms with Crippen molar-refractivity contribution in [3.05, 3.63) is 34.9 Å². The second-order valence-electron chi connectivity index (χ2n) is 5.13. The van der Waals surface area contributed by atoms with Gasteiger partial charge >= 0.3 is 0 Å². The van der Waals surface area contributed by atoms with Crippen molar-refractivity contribution in [2.75, 3.05) is 13.1 Å². The molecule has 1 aliphatic rings. The Labute approximate surface area is 104 Å². The topological polar surface area (TPSA) is 23.5 Å². The fourth-order valence-corrected chi connectivity index (χ4v) is 2.44. The predicted octanol–water partition coefficient (Wildman–Crippen LogP) is 3.03. The van der Waals surface area contributed by atoms with E-state index in [4.69, 9.17) is 0 Å². The lowest BCUT2D eigenvalue weighted by Gasteiger charge is -2.30. The number of aryl methyl sites for hydroxylation is 1. The van der Waals surface area contributed by atoms with Gasteiger partial charge in [-0.3, -0.25) is 4.90 Å². The number of aliphatic hydroxyl groups is 1. The van der Waals surface area contributed by atoms with Gasteiger partial charge in [-0.15, -0.1) is 0 Å². The Hall–Kier alpha value is -0.860. The molecule has 0 aromatic heterocycles. The van der Waals surface area contributed by atoms with E-state index in [1.165, 1.54) is 30.6 Å². The fraction of sp³-hybridized carbons (Fsp3) is 0.600. The number of hydrogen-bond donors (Lipinski definition) is 1. The van der Waals surface area contributed by atoms with Crippen molar-refractivity contribution in [1.29, 1.82) is 0 Å². The molecule has 0 spiro atoms. The van der Waals surface area contributed by atoms with Gasteiger partial charge in [0.15, 0.2) is 0 Å². The van der Waals surface area contributed by atoms with Crippen LogP contribution in [-0.4, -0.2) is 23.1 Å². The van der Waals surface area contributed by atoms with E-state index >= 15 is 0 Å². The van der Waals surface area contributed by atoms with Gasteiger partial charge in [0.1, 0.15) is 0 Å². The van der Waals surface area contributed by atoms with Crippen LogP contribution in [0.5, 0.6) is 0 Å². The lowest BCUT2D eigenvalue weighted by molar-refractivity contribution is 0.165. The molecule has 1 N–H and O–H groups in total. The first-order valence-corrected chi connectivity index (χ1v) is 6.70. The largest absolute Gasteiger partial charge is 0.388 e. The summed E-state index contributed by atoms with van der Waals surface area (Å²) in [6, 6.07) is 6.50. The van der Waals surface area contributed by atoms with E-state index in [1.807, 2.05) is 0 Å². The lowest BCUT2D eigenvalue weighted by atomic mass is 9.97. The van der Waals surface area contributed by atoms with Crippen LogP contribution in [0, 0.1) is 6.92 Å². The van der Waals surface area contributed by atoms with Crippen molar-refractivity contribution < 1.29 is 5.11 Å². The first-order valence-electron chi connectivity index (χ1n) is 6.70. The number of rotatable bonds is 5. The van der Waals surface area contributed by atoms with Crippen LogP contribution in [0.1, 0.15) is 49.0 Å². The molecule has 94 valence electrons. The molecule has 1 aromatic carbocycles. The Morgan fingerprint density at radius 1 is 1.35 bits per heavy atom. The average Bonchev–Trinajstić information content (AvgIpc) is 2.24. The maximum atomic E-state index is 10.0. The molecule has 2 heteroatoms. The second kappa shape index (κ2) is 5.65. The third-order valence-corrected chi connectivity index (χ3v) is 3.61. The molecule has 17 heavy (non-hydrogen) atoms. The molecular weight excluding hydrogens is 210 g/mol. The lowest BCUT2D eigenvalue weighted by Crippen LogP contribution is -2.36. The molecule has 1 saturated heterocycles. The van der Waals surface area contributed by atoms with Gasteiger partial charge < -0.3 is 5.11 Å². The van der Waals surface area contributed by atoms with E-state index in [9.17, 15) is 5.11 Å². The molecule has 0 radical (unpaired) electrons. The Balaban J connectivity index is 2.04. The van der Waals surface area contributed by atoms with Crippen LogP contribution in [0.15, 0.2) is 18.2 Å². The van der Waals surface area contributed by atoms with Crippen molar-refractivity contribution in [2.45, 2.75) is 45.8 Å². The highest BCUT2D eigenvalue weighted by molar-refractivity contribution is 5.32. The van der Waals surface area contributed by atoms with Gasteiger partial charge in [-0.1, -0.05) is 31.5 Å². The minimum absolute atomic E-state index is 0.293. The van der Waals surface area contributed by atoms with E-state index in [-0.39, 0.29) is 6.10 Å². The van der Waals surface area contributed by atoms with E-state index in [2.05, 4.69) is 36.9 Å². The first-order chi connectivity index (χ1) is 8.20. The zero-order chi connectivity index (χ0) is 12.3. The number of benzene rings is 1.